The van der Waals surface area contributed by atoms with Gasteiger partial charge in [0.05, 0.1) is 20.6 Å². The third kappa shape index (κ3) is 5.42. The molecule has 150 valence electrons. The fourth-order valence-electron chi connectivity index (χ4n) is 2.78. The molecule has 0 bridgehead atoms. The maximum absolute atomic E-state index is 13.1. The van der Waals surface area contributed by atoms with Gasteiger partial charge in [0.2, 0.25) is 0 Å². The summed E-state index contributed by atoms with van der Waals surface area (Å²) in [6.45, 7) is 0.655. The molecule has 29 heavy (non-hydrogen) atoms. The molecule has 3 aromatic rings. The molecule has 0 spiro atoms. The molecule has 0 aliphatic carbocycles. The highest BCUT2D eigenvalue weighted by atomic mass is 32.1. The number of hydrogen-bond acceptors (Lipinski definition) is 6. The highest BCUT2D eigenvalue weighted by molar-refractivity contribution is 7.13. The van der Waals surface area contributed by atoms with Crippen molar-refractivity contribution in [2.75, 3.05) is 20.8 Å². The summed E-state index contributed by atoms with van der Waals surface area (Å²) in [6, 6.07) is 17.2. The van der Waals surface area contributed by atoms with E-state index in [0.29, 0.717) is 12.2 Å². The minimum Gasteiger partial charge on any atom is -0.497 e. The van der Waals surface area contributed by atoms with Crippen LogP contribution in [0.15, 0.2) is 60.0 Å². The minimum atomic E-state index is -0.354. The highest BCUT2D eigenvalue weighted by Crippen LogP contribution is 2.26. The molecule has 0 aliphatic heterocycles. The van der Waals surface area contributed by atoms with Crippen molar-refractivity contribution >= 4 is 23.2 Å². The molecule has 0 radical (unpaired) electrons. The zero-order valence-corrected chi connectivity index (χ0v) is 17.1. The van der Waals surface area contributed by atoms with E-state index < -0.39 is 0 Å². The lowest BCUT2D eigenvalue weighted by atomic mass is 10.2. The van der Waals surface area contributed by atoms with Crippen LogP contribution in [0.4, 0.5) is 0 Å². The highest BCUT2D eigenvalue weighted by Gasteiger charge is 2.20. The molecule has 6 nitrogen and oxygen atoms in total. The van der Waals surface area contributed by atoms with E-state index in [9.17, 15) is 9.59 Å². The number of nitrogens with zero attached hydrogens (tertiary/aromatic N) is 2. The zero-order valence-electron chi connectivity index (χ0n) is 16.3. The molecule has 0 atom stereocenters. The number of hydrogen-bond donors (Lipinski definition) is 0. The van der Waals surface area contributed by atoms with Gasteiger partial charge in [-0.1, -0.05) is 30.3 Å². The van der Waals surface area contributed by atoms with E-state index in [2.05, 4.69) is 4.98 Å². The molecule has 0 N–H and O–H groups in total. The summed E-state index contributed by atoms with van der Waals surface area (Å²) in [7, 11) is 2.96. The zero-order chi connectivity index (χ0) is 20.6. The van der Waals surface area contributed by atoms with Crippen LogP contribution in [-0.2, 0) is 16.1 Å². The number of benzene rings is 2. The van der Waals surface area contributed by atoms with E-state index in [1.807, 2.05) is 54.6 Å². The Morgan fingerprint density at radius 1 is 1.03 bits per heavy atom. The van der Waals surface area contributed by atoms with Gasteiger partial charge in [0, 0.05) is 24.0 Å². The predicted octanol–water partition coefficient (Wildman–Crippen LogP) is 4.02. The van der Waals surface area contributed by atoms with Crippen molar-refractivity contribution in [1.29, 1.82) is 0 Å². The third-order valence-electron chi connectivity index (χ3n) is 4.38. The van der Waals surface area contributed by atoms with Crippen molar-refractivity contribution in [2.45, 2.75) is 13.0 Å². The van der Waals surface area contributed by atoms with Gasteiger partial charge in [0.1, 0.15) is 16.5 Å². The van der Waals surface area contributed by atoms with E-state index >= 15 is 0 Å². The Balaban J connectivity index is 1.78. The average molecular weight is 410 g/mol. The molecule has 0 fully saturated rings. The number of esters is 1. The second kappa shape index (κ2) is 9.84. The SMILES string of the molecule is COC(=O)CCN(Cc1ccccc1)C(=O)c1csc(-c2ccc(OC)cc2)n1. The number of thiazole rings is 1. The van der Waals surface area contributed by atoms with Gasteiger partial charge < -0.3 is 14.4 Å². The Labute approximate surface area is 173 Å². The predicted molar refractivity (Wildman–Crippen MR) is 112 cm³/mol. The Hall–Kier alpha value is -3.19. The molecule has 0 unspecified atom stereocenters. The van der Waals surface area contributed by atoms with Crippen LogP contribution in [0.1, 0.15) is 22.5 Å². The van der Waals surface area contributed by atoms with Crippen LogP contribution >= 0.6 is 11.3 Å². The molecule has 2 aromatic carbocycles. The smallest absolute Gasteiger partial charge is 0.307 e. The molecule has 1 heterocycles. The van der Waals surface area contributed by atoms with Crippen LogP contribution in [0.3, 0.4) is 0 Å². The standard InChI is InChI=1S/C22H22N2O4S/c1-27-18-10-8-17(9-11-18)21-23-19(15-29-21)22(26)24(13-12-20(25)28-2)14-16-6-4-3-5-7-16/h3-11,15H,12-14H2,1-2H3. The van der Waals surface area contributed by atoms with Gasteiger partial charge in [-0.2, -0.15) is 0 Å². The van der Waals surface area contributed by atoms with Crippen LogP contribution in [-0.4, -0.2) is 42.5 Å². The van der Waals surface area contributed by atoms with Crippen molar-refractivity contribution < 1.29 is 19.1 Å². The second-order valence-electron chi connectivity index (χ2n) is 6.30. The van der Waals surface area contributed by atoms with Gasteiger partial charge in [-0.3, -0.25) is 9.59 Å². The summed E-state index contributed by atoms with van der Waals surface area (Å²) in [5, 5.41) is 2.50. The van der Waals surface area contributed by atoms with Crippen LogP contribution in [0, 0.1) is 0 Å². The number of ether oxygens (including phenoxy) is 2. The molecule has 0 saturated carbocycles. The first-order chi connectivity index (χ1) is 14.1. The molecule has 1 aromatic heterocycles. The summed E-state index contributed by atoms with van der Waals surface area (Å²) < 4.78 is 9.89. The van der Waals surface area contributed by atoms with E-state index in [0.717, 1.165) is 21.9 Å². The Morgan fingerprint density at radius 3 is 2.41 bits per heavy atom. The lowest BCUT2D eigenvalue weighted by Crippen LogP contribution is -2.33. The number of methoxy groups -OCH3 is 2. The summed E-state index contributed by atoms with van der Waals surface area (Å²) in [5.41, 5.74) is 2.26. The Morgan fingerprint density at radius 2 is 1.76 bits per heavy atom. The Kier molecular flexibility index (Phi) is 6.97. The van der Waals surface area contributed by atoms with Gasteiger partial charge in [0.15, 0.2) is 0 Å². The maximum atomic E-state index is 13.1. The van der Waals surface area contributed by atoms with E-state index in [-0.39, 0.29) is 24.8 Å². The van der Waals surface area contributed by atoms with E-state index in [1.54, 1.807) is 17.4 Å². The van der Waals surface area contributed by atoms with Crippen LogP contribution in [0.2, 0.25) is 0 Å². The van der Waals surface area contributed by atoms with Crippen molar-refractivity contribution in [3.8, 4) is 16.3 Å². The minimum absolute atomic E-state index is 0.130. The monoisotopic (exact) mass is 410 g/mol. The number of carbonyl (C=O) groups is 2. The molecule has 0 aliphatic rings. The number of aromatic nitrogens is 1. The summed E-state index contributed by atoms with van der Waals surface area (Å²) >= 11 is 1.41. The fourth-order valence-corrected chi connectivity index (χ4v) is 3.58. The Bertz CT molecular complexity index is 954. The average Bonchev–Trinajstić information content (AvgIpc) is 3.27. The van der Waals surface area contributed by atoms with Gasteiger partial charge in [-0.15, -0.1) is 11.3 Å². The number of amides is 1. The second-order valence-corrected chi connectivity index (χ2v) is 7.16. The van der Waals surface area contributed by atoms with Crippen LogP contribution < -0.4 is 4.74 Å². The van der Waals surface area contributed by atoms with Gasteiger partial charge in [-0.25, -0.2) is 4.98 Å². The first-order valence-corrected chi connectivity index (χ1v) is 9.98. The third-order valence-corrected chi connectivity index (χ3v) is 5.27. The van der Waals surface area contributed by atoms with Crippen molar-refractivity contribution in [3.05, 3.63) is 71.2 Å². The summed E-state index contributed by atoms with van der Waals surface area (Å²) in [4.78, 5) is 30.8. The van der Waals surface area contributed by atoms with E-state index in [1.165, 1.54) is 18.4 Å². The quantitative estimate of drug-likeness (QED) is 0.525. The summed E-state index contributed by atoms with van der Waals surface area (Å²) in [6.07, 6.45) is 0.130. The van der Waals surface area contributed by atoms with Gasteiger partial charge in [0.25, 0.3) is 5.91 Å². The fraction of sp³-hybridized carbons (Fsp3) is 0.227. The van der Waals surface area contributed by atoms with Crippen molar-refractivity contribution in [1.82, 2.24) is 9.88 Å². The molecule has 3 rings (SSSR count). The molecular formula is C22H22N2O4S. The normalized spacial score (nSPS) is 10.4. The lowest BCUT2D eigenvalue weighted by molar-refractivity contribution is -0.140. The first kappa shape index (κ1) is 20.5. The lowest BCUT2D eigenvalue weighted by Gasteiger charge is -2.21. The first-order valence-electron chi connectivity index (χ1n) is 9.10. The van der Waals surface area contributed by atoms with Crippen molar-refractivity contribution in [3.63, 3.8) is 0 Å². The molecular weight excluding hydrogens is 388 g/mol. The largest absolute Gasteiger partial charge is 0.497 e. The summed E-state index contributed by atoms with van der Waals surface area (Å²) in [5.74, 6) is 0.195. The molecule has 7 heteroatoms. The van der Waals surface area contributed by atoms with Crippen molar-refractivity contribution in [2.24, 2.45) is 0 Å². The van der Waals surface area contributed by atoms with Gasteiger partial charge >= 0.3 is 5.97 Å². The van der Waals surface area contributed by atoms with Crippen LogP contribution in [0.25, 0.3) is 10.6 Å². The topological polar surface area (TPSA) is 68.7 Å². The molecule has 0 saturated heterocycles. The van der Waals surface area contributed by atoms with Crippen LogP contribution in [0.5, 0.6) is 5.75 Å². The number of carbonyl (C=O) groups excluding carboxylic acids is 2. The van der Waals surface area contributed by atoms with E-state index in [4.69, 9.17) is 9.47 Å². The maximum Gasteiger partial charge on any atom is 0.307 e. The van der Waals surface area contributed by atoms with Gasteiger partial charge in [-0.05, 0) is 29.8 Å². The number of rotatable bonds is 8. The molecule has 1 amide bonds.